The molecule has 0 spiro atoms. The molecule has 0 bridgehead atoms. The minimum absolute atomic E-state index is 0.00770. The Hall–Kier alpha value is -1.40. The maximum absolute atomic E-state index is 12.4. The van der Waals surface area contributed by atoms with Gasteiger partial charge in [0.2, 0.25) is 10.0 Å². The number of nitrogens with zero attached hydrogens (tertiary/aromatic N) is 1. The van der Waals surface area contributed by atoms with Gasteiger partial charge in [-0.05, 0) is 49.9 Å². The molecular weight excluding hydrogens is 312 g/mol. The van der Waals surface area contributed by atoms with Crippen LogP contribution in [0.15, 0.2) is 29.2 Å². The van der Waals surface area contributed by atoms with Crippen molar-refractivity contribution in [3.8, 4) is 0 Å². The van der Waals surface area contributed by atoms with Gasteiger partial charge in [0.25, 0.3) is 5.91 Å². The lowest BCUT2D eigenvalue weighted by Crippen LogP contribution is -2.36. The molecule has 3 rings (SSSR count). The van der Waals surface area contributed by atoms with Crippen LogP contribution in [0.3, 0.4) is 0 Å². The first-order valence-corrected chi connectivity index (χ1v) is 9.96. The van der Waals surface area contributed by atoms with Gasteiger partial charge in [-0.25, -0.2) is 13.1 Å². The van der Waals surface area contributed by atoms with Crippen LogP contribution >= 0.6 is 0 Å². The first kappa shape index (κ1) is 16.5. The van der Waals surface area contributed by atoms with Crippen molar-refractivity contribution in [1.82, 2.24) is 9.62 Å². The summed E-state index contributed by atoms with van der Waals surface area (Å²) in [5, 5.41) is 0. The van der Waals surface area contributed by atoms with Gasteiger partial charge in [0.1, 0.15) is 0 Å². The smallest absolute Gasteiger partial charge is 0.253 e. The molecule has 2 fully saturated rings. The number of carbonyl (C=O) groups excluding carboxylic acids is 1. The summed E-state index contributed by atoms with van der Waals surface area (Å²) in [5.41, 5.74) is 0.559. The SMILES string of the molecule is O=C(c1ccc(S(=O)(=O)NC2CCCCC2)cc1)N1CCCC1. The van der Waals surface area contributed by atoms with E-state index in [0.717, 1.165) is 51.6 Å². The summed E-state index contributed by atoms with van der Waals surface area (Å²) < 4.78 is 27.7. The van der Waals surface area contributed by atoms with Crippen LogP contribution < -0.4 is 4.72 Å². The molecule has 1 aliphatic heterocycles. The highest BCUT2D eigenvalue weighted by molar-refractivity contribution is 7.89. The molecule has 126 valence electrons. The van der Waals surface area contributed by atoms with Gasteiger partial charge in [0.15, 0.2) is 0 Å². The first-order chi connectivity index (χ1) is 11.1. The van der Waals surface area contributed by atoms with Gasteiger partial charge in [-0.1, -0.05) is 19.3 Å². The van der Waals surface area contributed by atoms with Gasteiger partial charge >= 0.3 is 0 Å². The molecule has 1 N–H and O–H groups in total. The highest BCUT2D eigenvalue weighted by Gasteiger charge is 2.23. The molecule has 0 aromatic heterocycles. The van der Waals surface area contributed by atoms with E-state index in [9.17, 15) is 13.2 Å². The van der Waals surface area contributed by atoms with Crippen LogP contribution in [0.4, 0.5) is 0 Å². The Morgan fingerprint density at radius 1 is 0.957 bits per heavy atom. The van der Waals surface area contributed by atoms with Gasteiger partial charge in [-0.15, -0.1) is 0 Å². The van der Waals surface area contributed by atoms with E-state index in [1.165, 1.54) is 18.6 Å². The molecule has 0 atom stereocenters. The van der Waals surface area contributed by atoms with Gasteiger partial charge in [-0.2, -0.15) is 0 Å². The van der Waals surface area contributed by atoms with Crippen molar-refractivity contribution in [1.29, 1.82) is 0 Å². The van der Waals surface area contributed by atoms with E-state index in [1.807, 2.05) is 4.90 Å². The molecule has 1 aliphatic carbocycles. The van der Waals surface area contributed by atoms with E-state index in [0.29, 0.717) is 5.56 Å². The summed E-state index contributed by atoms with van der Waals surface area (Å²) in [7, 11) is -3.50. The zero-order chi connectivity index (χ0) is 16.3. The molecule has 0 unspecified atom stereocenters. The Morgan fingerprint density at radius 3 is 2.17 bits per heavy atom. The number of amides is 1. The quantitative estimate of drug-likeness (QED) is 0.919. The van der Waals surface area contributed by atoms with Crippen LogP contribution in [0, 0.1) is 0 Å². The second kappa shape index (κ2) is 7.01. The second-order valence-corrected chi connectivity index (χ2v) is 8.19. The topological polar surface area (TPSA) is 66.5 Å². The zero-order valence-electron chi connectivity index (χ0n) is 13.3. The Kier molecular flexibility index (Phi) is 5.02. The predicted octanol–water partition coefficient (Wildman–Crippen LogP) is 2.53. The fraction of sp³-hybridized carbons (Fsp3) is 0.588. The fourth-order valence-corrected chi connectivity index (χ4v) is 4.69. The summed E-state index contributed by atoms with van der Waals surface area (Å²) in [6.07, 6.45) is 7.25. The molecule has 0 radical (unpaired) electrons. The van der Waals surface area contributed by atoms with Crippen LogP contribution in [0.5, 0.6) is 0 Å². The number of carbonyl (C=O) groups is 1. The van der Waals surface area contributed by atoms with Crippen molar-refractivity contribution < 1.29 is 13.2 Å². The van der Waals surface area contributed by atoms with Gasteiger partial charge in [0, 0.05) is 24.7 Å². The normalized spacial score (nSPS) is 19.9. The zero-order valence-corrected chi connectivity index (χ0v) is 14.1. The summed E-state index contributed by atoms with van der Waals surface area (Å²) in [4.78, 5) is 14.3. The largest absolute Gasteiger partial charge is 0.339 e. The van der Waals surface area contributed by atoms with Crippen LogP contribution in [0.1, 0.15) is 55.3 Å². The molecule has 1 saturated heterocycles. The molecule has 2 aliphatic rings. The highest BCUT2D eigenvalue weighted by Crippen LogP contribution is 2.20. The van der Waals surface area contributed by atoms with Crippen molar-refractivity contribution in [2.75, 3.05) is 13.1 Å². The van der Waals surface area contributed by atoms with Crippen LogP contribution in [-0.2, 0) is 10.0 Å². The Balaban J connectivity index is 1.69. The highest BCUT2D eigenvalue weighted by atomic mass is 32.2. The lowest BCUT2D eigenvalue weighted by molar-refractivity contribution is 0.0792. The number of hydrogen-bond donors (Lipinski definition) is 1. The van der Waals surface area contributed by atoms with Gasteiger partial charge in [0.05, 0.1) is 4.90 Å². The standard InChI is InChI=1S/C17H24N2O3S/c20-17(19-12-4-5-13-19)14-8-10-16(11-9-14)23(21,22)18-15-6-2-1-3-7-15/h8-11,15,18H,1-7,12-13H2. The number of sulfonamides is 1. The second-order valence-electron chi connectivity index (χ2n) is 6.48. The Morgan fingerprint density at radius 2 is 1.57 bits per heavy atom. The first-order valence-electron chi connectivity index (χ1n) is 8.48. The van der Waals surface area contributed by atoms with Crippen LogP contribution in [0.25, 0.3) is 0 Å². The molecule has 1 aromatic carbocycles. The third-order valence-corrected chi connectivity index (χ3v) is 6.27. The lowest BCUT2D eigenvalue weighted by atomic mass is 9.96. The number of nitrogens with one attached hydrogen (secondary N) is 1. The fourth-order valence-electron chi connectivity index (χ4n) is 3.39. The maximum Gasteiger partial charge on any atom is 0.253 e. The van der Waals surface area contributed by atoms with Crippen molar-refractivity contribution in [2.45, 2.75) is 55.9 Å². The van der Waals surface area contributed by atoms with E-state index in [2.05, 4.69) is 4.72 Å². The van der Waals surface area contributed by atoms with E-state index < -0.39 is 10.0 Å². The van der Waals surface area contributed by atoms with Crippen molar-refractivity contribution in [3.05, 3.63) is 29.8 Å². The molecule has 6 heteroatoms. The van der Waals surface area contributed by atoms with Crippen molar-refractivity contribution >= 4 is 15.9 Å². The maximum atomic E-state index is 12.4. The van der Waals surface area contributed by atoms with E-state index in [-0.39, 0.29) is 16.8 Å². The third-order valence-electron chi connectivity index (χ3n) is 4.73. The summed E-state index contributed by atoms with van der Waals surface area (Å²) in [6.45, 7) is 1.59. The monoisotopic (exact) mass is 336 g/mol. The number of hydrogen-bond acceptors (Lipinski definition) is 3. The van der Waals surface area contributed by atoms with Gasteiger partial charge in [-0.3, -0.25) is 4.79 Å². The lowest BCUT2D eigenvalue weighted by Gasteiger charge is -2.22. The molecule has 23 heavy (non-hydrogen) atoms. The number of benzene rings is 1. The Labute approximate surface area is 138 Å². The Bertz CT molecular complexity index is 643. The summed E-state index contributed by atoms with van der Waals surface area (Å²) >= 11 is 0. The molecule has 5 nitrogen and oxygen atoms in total. The average molecular weight is 336 g/mol. The van der Waals surface area contributed by atoms with Crippen molar-refractivity contribution in [2.24, 2.45) is 0 Å². The number of likely N-dealkylation sites (tertiary alicyclic amines) is 1. The molecule has 1 saturated carbocycles. The van der Waals surface area contributed by atoms with E-state index >= 15 is 0 Å². The number of rotatable bonds is 4. The van der Waals surface area contributed by atoms with E-state index in [4.69, 9.17) is 0 Å². The van der Waals surface area contributed by atoms with Crippen LogP contribution in [-0.4, -0.2) is 38.4 Å². The van der Waals surface area contributed by atoms with Crippen LogP contribution in [0.2, 0.25) is 0 Å². The molecular formula is C17H24N2O3S. The molecule has 1 amide bonds. The molecule has 1 aromatic rings. The minimum atomic E-state index is -3.50. The van der Waals surface area contributed by atoms with E-state index in [1.54, 1.807) is 12.1 Å². The van der Waals surface area contributed by atoms with Crippen molar-refractivity contribution in [3.63, 3.8) is 0 Å². The average Bonchev–Trinajstić information content (AvgIpc) is 3.09. The van der Waals surface area contributed by atoms with Gasteiger partial charge < -0.3 is 4.90 Å². The minimum Gasteiger partial charge on any atom is -0.339 e. The third kappa shape index (κ3) is 3.93. The summed E-state index contributed by atoms with van der Waals surface area (Å²) in [5.74, 6) is -0.00770. The summed E-state index contributed by atoms with van der Waals surface area (Å²) in [6, 6.07) is 6.36. The predicted molar refractivity (Wildman–Crippen MR) is 88.8 cm³/mol. The molecule has 1 heterocycles.